The Morgan fingerprint density at radius 3 is 1.84 bits per heavy atom. The molecule has 8 nitrogen and oxygen atoms in total. The molecule has 160 valence electrons. The number of fused-ring (bicyclic) bond motifs is 1. The molecule has 0 radical (unpaired) electrons. The van der Waals surface area contributed by atoms with E-state index in [1.165, 1.54) is 5.01 Å². The van der Waals surface area contributed by atoms with Crippen LogP contribution in [0.5, 0.6) is 0 Å². The van der Waals surface area contributed by atoms with E-state index in [9.17, 15) is 19.2 Å². The first kappa shape index (κ1) is 21.8. The highest BCUT2D eigenvalue weighted by Crippen LogP contribution is 2.30. The first-order valence-electron chi connectivity index (χ1n) is 9.79. The van der Waals surface area contributed by atoms with Gasteiger partial charge in [0.05, 0.1) is 30.0 Å². The van der Waals surface area contributed by atoms with Crippen molar-refractivity contribution in [3.63, 3.8) is 0 Å². The van der Waals surface area contributed by atoms with Crippen LogP contribution in [0, 0.1) is 6.92 Å². The van der Waals surface area contributed by atoms with Gasteiger partial charge in [-0.25, -0.2) is 14.6 Å². The van der Waals surface area contributed by atoms with Gasteiger partial charge in [-0.1, -0.05) is 30.3 Å². The van der Waals surface area contributed by atoms with Crippen molar-refractivity contribution in [2.24, 2.45) is 0 Å². The van der Waals surface area contributed by atoms with Gasteiger partial charge in [-0.3, -0.25) is 9.59 Å². The normalized spacial score (nSPS) is 12.3. The first-order chi connectivity index (χ1) is 14.9. The summed E-state index contributed by atoms with van der Waals surface area (Å²) >= 11 is 0. The van der Waals surface area contributed by atoms with Crippen LogP contribution < -0.4 is 5.01 Å². The van der Waals surface area contributed by atoms with Crippen LogP contribution in [0.2, 0.25) is 0 Å². The van der Waals surface area contributed by atoms with E-state index in [1.54, 1.807) is 69.3 Å². The molecule has 8 heteroatoms. The van der Waals surface area contributed by atoms with Crippen LogP contribution >= 0.6 is 0 Å². The second-order valence-electron chi connectivity index (χ2n) is 6.58. The number of hydrogen-bond acceptors (Lipinski definition) is 7. The highest BCUT2D eigenvalue weighted by atomic mass is 16.6. The number of benzene rings is 2. The van der Waals surface area contributed by atoms with Gasteiger partial charge in [-0.15, -0.1) is 0 Å². The van der Waals surface area contributed by atoms with Crippen LogP contribution in [-0.2, 0) is 19.1 Å². The van der Waals surface area contributed by atoms with Gasteiger partial charge in [-0.2, -0.15) is 5.01 Å². The fourth-order valence-corrected chi connectivity index (χ4v) is 3.16. The Labute approximate surface area is 179 Å². The Kier molecular flexibility index (Phi) is 6.49. The lowest BCUT2D eigenvalue weighted by Crippen LogP contribution is -2.44. The van der Waals surface area contributed by atoms with Crippen molar-refractivity contribution < 1.29 is 28.7 Å². The third kappa shape index (κ3) is 4.18. The minimum atomic E-state index is -0.920. The van der Waals surface area contributed by atoms with Crippen molar-refractivity contribution in [1.82, 2.24) is 5.01 Å². The number of esters is 2. The molecule has 0 saturated carbocycles. The summed E-state index contributed by atoms with van der Waals surface area (Å²) in [6.45, 7) is 5.05. The number of aryl methyl sites for hydroxylation is 1. The van der Waals surface area contributed by atoms with Crippen molar-refractivity contribution >= 4 is 29.4 Å². The Morgan fingerprint density at radius 2 is 1.35 bits per heavy atom. The van der Waals surface area contributed by atoms with Crippen molar-refractivity contribution in [3.05, 3.63) is 77.0 Å². The molecule has 2 aromatic carbocycles. The molecule has 31 heavy (non-hydrogen) atoms. The summed E-state index contributed by atoms with van der Waals surface area (Å²) in [7, 11) is 0. The maximum atomic E-state index is 13.1. The number of anilines is 1. The fraction of sp³-hybridized carbons (Fsp3) is 0.217. The molecule has 0 atom stereocenters. The van der Waals surface area contributed by atoms with Crippen molar-refractivity contribution in [3.8, 4) is 0 Å². The van der Waals surface area contributed by atoms with Crippen molar-refractivity contribution in [1.29, 1.82) is 0 Å². The summed E-state index contributed by atoms with van der Waals surface area (Å²) in [5.74, 6) is -2.99. The van der Waals surface area contributed by atoms with E-state index >= 15 is 0 Å². The van der Waals surface area contributed by atoms with E-state index in [0.717, 1.165) is 11.2 Å². The molecule has 0 aromatic heterocycles. The number of amides is 2. The van der Waals surface area contributed by atoms with Gasteiger partial charge in [0.2, 0.25) is 0 Å². The molecule has 1 heterocycles. The molecule has 0 unspecified atom stereocenters. The molecule has 0 aliphatic carbocycles. The minimum absolute atomic E-state index is 0.0347. The molecule has 1 aliphatic rings. The van der Waals surface area contributed by atoms with Crippen LogP contribution in [0.1, 0.15) is 40.1 Å². The summed E-state index contributed by atoms with van der Waals surface area (Å²) in [6, 6.07) is 13.4. The van der Waals surface area contributed by atoms with Crippen LogP contribution in [0.3, 0.4) is 0 Å². The molecular weight excluding hydrogens is 400 g/mol. The number of para-hydroxylation sites is 1. The van der Waals surface area contributed by atoms with E-state index in [-0.39, 0.29) is 24.3 Å². The summed E-state index contributed by atoms with van der Waals surface area (Å²) < 4.78 is 9.99. The van der Waals surface area contributed by atoms with Gasteiger partial charge in [-0.05, 0) is 44.5 Å². The third-order valence-corrected chi connectivity index (χ3v) is 4.59. The van der Waals surface area contributed by atoms with Crippen LogP contribution in [0.4, 0.5) is 5.69 Å². The predicted molar refractivity (Wildman–Crippen MR) is 112 cm³/mol. The van der Waals surface area contributed by atoms with Crippen molar-refractivity contribution in [2.75, 3.05) is 18.2 Å². The van der Waals surface area contributed by atoms with E-state index in [0.29, 0.717) is 11.3 Å². The molecule has 0 bridgehead atoms. The quantitative estimate of drug-likeness (QED) is 0.223. The van der Waals surface area contributed by atoms with Gasteiger partial charge in [0.1, 0.15) is 0 Å². The van der Waals surface area contributed by atoms with E-state index < -0.39 is 29.3 Å². The average molecular weight is 422 g/mol. The summed E-state index contributed by atoms with van der Waals surface area (Å²) in [4.78, 5) is 51.2. The zero-order valence-corrected chi connectivity index (χ0v) is 17.5. The second kappa shape index (κ2) is 9.25. The smallest absolute Gasteiger partial charge is 0.347 e. The lowest BCUT2D eigenvalue weighted by atomic mass is 10.1. The predicted octanol–water partition coefficient (Wildman–Crippen LogP) is 3.02. The summed E-state index contributed by atoms with van der Waals surface area (Å²) in [5, 5.41) is 2.09. The Balaban J connectivity index is 2.18. The topological polar surface area (TPSA) is 93.2 Å². The number of carbonyl (C=O) groups excluding carboxylic acids is 4. The molecule has 0 fully saturated rings. The lowest BCUT2D eigenvalue weighted by Gasteiger charge is -2.30. The number of nitrogens with zero attached hydrogens (tertiary/aromatic N) is 2. The zero-order chi connectivity index (χ0) is 22.5. The molecule has 0 saturated heterocycles. The first-order valence-corrected chi connectivity index (χ1v) is 9.79. The Bertz CT molecular complexity index is 1020. The molecular formula is C23H22N2O6. The summed E-state index contributed by atoms with van der Waals surface area (Å²) in [6.07, 6.45) is 1.11. The number of hydrogen-bond donors (Lipinski definition) is 0. The zero-order valence-electron chi connectivity index (χ0n) is 17.5. The second-order valence-corrected chi connectivity index (χ2v) is 6.58. The van der Waals surface area contributed by atoms with Crippen LogP contribution in [0.25, 0.3) is 0 Å². The molecule has 3 rings (SSSR count). The van der Waals surface area contributed by atoms with Gasteiger partial charge in [0, 0.05) is 6.20 Å². The molecule has 0 N–H and O–H groups in total. The number of hydrazine groups is 1. The number of carbonyl (C=O) groups is 4. The van der Waals surface area contributed by atoms with Crippen LogP contribution in [0.15, 0.2) is 60.3 Å². The monoisotopic (exact) mass is 422 g/mol. The van der Waals surface area contributed by atoms with Gasteiger partial charge < -0.3 is 9.47 Å². The average Bonchev–Trinajstić information content (AvgIpc) is 3.01. The number of ether oxygens (including phenoxy) is 2. The molecule has 2 aromatic rings. The van der Waals surface area contributed by atoms with E-state index in [4.69, 9.17) is 9.47 Å². The Morgan fingerprint density at radius 1 is 0.871 bits per heavy atom. The van der Waals surface area contributed by atoms with Crippen LogP contribution in [-0.4, -0.2) is 42.0 Å². The highest BCUT2D eigenvalue weighted by molar-refractivity contribution is 6.22. The fourth-order valence-electron chi connectivity index (χ4n) is 3.16. The van der Waals surface area contributed by atoms with Gasteiger partial charge in [0.15, 0.2) is 5.57 Å². The molecule has 0 spiro atoms. The SMILES string of the molecule is CCOC(=O)C(=CN(c1ccccc1C)N1C(=O)c2ccccc2C1=O)C(=O)OCC. The largest absolute Gasteiger partial charge is 0.462 e. The van der Waals surface area contributed by atoms with E-state index in [2.05, 4.69) is 0 Å². The van der Waals surface area contributed by atoms with Crippen molar-refractivity contribution in [2.45, 2.75) is 20.8 Å². The molecule has 1 aliphatic heterocycles. The third-order valence-electron chi connectivity index (χ3n) is 4.59. The number of rotatable bonds is 7. The minimum Gasteiger partial charge on any atom is -0.462 e. The Hall–Kier alpha value is -3.94. The maximum absolute atomic E-state index is 13.1. The molecule has 2 amide bonds. The van der Waals surface area contributed by atoms with Gasteiger partial charge in [0.25, 0.3) is 11.8 Å². The maximum Gasteiger partial charge on any atom is 0.347 e. The van der Waals surface area contributed by atoms with Gasteiger partial charge >= 0.3 is 11.9 Å². The summed E-state index contributed by atoms with van der Waals surface area (Å²) in [5.41, 5.74) is 1.16. The standard InChI is InChI=1S/C23H22N2O6/c1-4-30-22(28)18(23(29)31-5-2)14-24(19-13-9-6-10-15(19)3)25-20(26)16-11-7-8-12-17(16)21(25)27/h6-14H,4-5H2,1-3H3. The number of imide groups is 1. The lowest BCUT2D eigenvalue weighted by molar-refractivity contribution is -0.146. The van der Waals surface area contributed by atoms with E-state index in [1.807, 2.05) is 0 Å². The highest BCUT2D eigenvalue weighted by Gasteiger charge is 2.40.